The van der Waals surface area contributed by atoms with Gasteiger partial charge in [0, 0.05) is 25.7 Å². The van der Waals surface area contributed by atoms with Gasteiger partial charge in [-0.15, -0.1) is 17.0 Å². The van der Waals surface area contributed by atoms with Crippen LogP contribution in [0.3, 0.4) is 0 Å². The minimum atomic E-state index is -3.97. The highest BCUT2D eigenvalue weighted by atomic mass is 79.9. The van der Waals surface area contributed by atoms with Crippen LogP contribution in [0.15, 0.2) is 28.2 Å². The number of thioether (sulfide) groups is 1. The van der Waals surface area contributed by atoms with E-state index in [2.05, 4.69) is 5.10 Å². The average Bonchev–Trinajstić information content (AvgIpc) is 2.85. The van der Waals surface area contributed by atoms with Gasteiger partial charge in [-0.3, -0.25) is 5.01 Å². The molecule has 11 heteroatoms. The SMILES string of the molecule is Br.CN1C(=NN2CCCCC2)SCC1(O)c1ccc(Cl)c(S(N)(=O)=O)c1. The first-order valence-electron chi connectivity index (χ1n) is 7.97. The van der Waals surface area contributed by atoms with Crippen molar-refractivity contribution in [3.05, 3.63) is 28.8 Å². The van der Waals surface area contributed by atoms with Crippen LogP contribution >= 0.6 is 40.3 Å². The zero-order valence-corrected chi connectivity index (χ0v) is 18.4. The number of rotatable bonds is 3. The number of benzene rings is 1. The van der Waals surface area contributed by atoms with Gasteiger partial charge in [-0.2, -0.15) is 5.10 Å². The molecule has 0 radical (unpaired) electrons. The molecule has 0 aromatic heterocycles. The Morgan fingerprint density at radius 1 is 1.31 bits per heavy atom. The summed E-state index contributed by atoms with van der Waals surface area (Å²) in [7, 11) is -2.23. The molecule has 1 atom stereocenters. The van der Waals surface area contributed by atoms with Gasteiger partial charge in [0.1, 0.15) is 4.90 Å². The normalized spacial score (nSPS) is 25.5. The maximum absolute atomic E-state index is 11.7. The number of nitrogens with zero attached hydrogens (tertiary/aromatic N) is 3. The first kappa shape index (κ1) is 21.8. The summed E-state index contributed by atoms with van der Waals surface area (Å²) in [5.74, 6) is 0.335. The van der Waals surface area contributed by atoms with E-state index >= 15 is 0 Å². The molecule has 146 valence electrons. The molecule has 7 nitrogen and oxygen atoms in total. The molecule has 0 saturated carbocycles. The van der Waals surface area contributed by atoms with Crippen LogP contribution in [0, 0.1) is 0 Å². The van der Waals surface area contributed by atoms with Crippen LogP contribution < -0.4 is 5.14 Å². The standard InChI is InChI=1S/C15H21ClN4O3S2.BrH/c1-19-14(18-20-7-3-2-4-8-20)24-10-15(19,21)11-5-6-12(16)13(9-11)25(17,22)23;/h5-6,9,21H,2-4,7-8,10H2,1H3,(H2,17,22,23);1H. The molecule has 2 heterocycles. The van der Waals surface area contributed by atoms with Crippen molar-refractivity contribution >= 4 is 55.5 Å². The van der Waals surface area contributed by atoms with Crippen LogP contribution in [0.1, 0.15) is 24.8 Å². The molecule has 3 rings (SSSR count). The number of piperidine rings is 1. The van der Waals surface area contributed by atoms with E-state index in [1.54, 1.807) is 18.0 Å². The van der Waals surface area contributed by atoms with Crippen molar-refractivity contribution < 1.29 is 13.5 Å². The van der Waals surface area contributed by atoms with Crippen LogP contribution in [0.4, 0.5) is 0 Å². The Hall–Kier alpha value is -0.520. The Morgan fingerprint density at radius 3 is 2.58 bits per heavy atom. The number of amidine groups is 1. The van der Waals surface area contributed by atoms with Gasteiger partial charge in [0.15, 0.2) is 10.9 Å². The van der Waals surface area contributed by atoms with Crippen LogP contribution in [-0.2, 0) is 15.7 Å². The Morgan fingerprint density at radius 2 is 1.96 bits per heavy atom. The highest BCUT2D eigenvalue weighted by Gasteiger charge is 2.43. The quantitative estimate of drug-likeness (QED) is 0.680. The van der Waals surface area contributed by atoms with Crippen molar-refractivity contribution in [2.24, 2.45) is 10.2 Å². The number of primary sulfonamides is 1. The van der Waals surface area contributed by atoms with E-state index in [1.807, 2.05) is 5.01 Å². The van der Waals surface area contributed by atoms with Crippen molar-refractivity contribution in [2.45, 2.75) is 29.9 Å². The fraction of sp³-hybridized carbons (Fsp3) is 0.533. The lowest BCUT2D eigenvalue weighted by atomic mass is 10.0. The molecule has 1 aromatic carbocycles. The number of aliphatic hydroxyl groups is 1. The van der Waals surface area contributed by atoms with Gasteiger partial charge in [-0.1, -0.05) is 29.4 Å². The van der Waals surface area contributed by atoms with Crippen molar-refractivity contribution in [1.82, 2.24) is 9.91 Å². The van der Waals surface area contributed by atoms with E-state index in [0.29, 0.717) is 16.5 Å². The summed E-state index contributed by atoms with van der Waals surface area (Å²) in [6, 6.07) is 4.38. The maximum atomic E-state index is 11.7. The molecule has 1 unspecified atom stereocenters. The smallest absolute Gasteiger partial charge is 0.239 e. The minimum absolute atomic E-state index is 0. The molecule has 2 aliphatic rings. The number of hydrazone groups is 1. The molecule has 0 spiro atoms. The highest BCUT2D eigenvalue weighted by molar-refractivity contribution is 8.93. The molecular formula is C15H22BrClN4O3S2. The highest BCUT2D eigenvalue weighted by Crippen LogP contribution is 2.39. The topological polar surface area (TPSA) is 99.2 Å². The van der Waals surface area contributed by atoms with E-state index < -0.39 is 15.7 Å². The van der Waals surface area contributed by atoms with E-state index in [1.165, 1.54) is 30.3 Å². The molecule has 1 aromatic rings. The van der Waals surface area contributed by atoms with Gasteiger partial charge < -0.3 is 10.0 Å². The second-order valence-electron chi connectivity index (χ2n) is 6.25. The zero-order chi connectivity index (χ0) is 18.2. The van der Waals surface area contributed by atoms with Crippen molar-refractivity contribution in [2.75, 3.05) is 25.9 Å². The second kappa shape index (κ2) is 8.24. The maximum Gasteiger partial charge on any atom is 0.239 e. The van der Waals surface area contributed by atoms with E-state index in [-0.39, 0.29) is 26.9 Å². The average molecular weight is 486 g/mol. The third kappa shape index (κ3) is 4.31. The molecule has 2 aliphatic heterocycles. The van der Waals surface area contributed by atoms with Gasteiger partial charge in [0.25, 0.3) is 0 Å². The predicted octanol–water partition coefficient (Wildman–Crippen LogP) is 2.15. The third-order valence-electron chi connectivity index (χ3n) is 4.50. The number of hydrogen-bond donors (Lipinski definition) is 2. The van der Waals surface area contributed by atoms with Crippen molar-refractivity contribution in [1.29, 1.82) is 0 Å². The minimum Gasteiger partial charge on any atom is -0.366 e. The molecular weight excluding hydrogens is 464 g/mol. The summed E-state index contributed by atoms with van der Waals surface area (Å²) in [4.78, 5) is 1.47. The van der Waals surface area contributed by atoms with Gasteiger partial charge in [-0.05, 0) is 31.4 Å². The lowest BCUT2D eigenvalue weighted by Gasteiger charge is -2.32. The summed E-state index contributed by atoms with van der Waals surface area (Å²) < 4.78 is 23.4. The lowest BCUT2D eigenvalue weighted by molar-refractivity contribution is -0.0357. The Balaban J connectivity index is 0.00000243. The molecule has 2 fully saturated rings. The number of halogens is 2. The van der Waals surface area contributed by atoms with Gasteiger partial charge >= 0.3 is 0 Å². The molecule has 0 bridgehead atoms. The second-order valence-corrected chi connectivity index (χ2v) is 9.13. The van der Waals surface area contributed by atoms with Gasteiger partial charge in [0.05, 0.1) is 10.8 Å². The van der Waals surface area contributed by atoms with Gasteiger partial charge in [-0.25, -0.2) is 13.6 Å². The van der Waals surface area contributed by atoms with Crippen LogP contribution in [0.2, 0.25) is 5.02 Å². The zero-order valence-electron chi connectivity index (χ0n) is 14.3. The summed E-state index contributed by atoms with van der Waals surface area (Å²) in [5.41, 5.74) is -0.955. The van der Waals surface area contributed by atoms with Crippen molar-refractivity contribution in [3.63, 3.8) is 0 Å². The fourth-order valence-corrected chi connectivity index (χ4v) is 5.24. The summed E-state index contributed by atoms with van der Waals surface area (Å²) in [6.07, 6.45) is 3.45. The number of nitrogens with two attached hydrogens (primary N) is 1. The van der Waals surface area contributed by atoms with E-state index in [0.717, 1.165) is 25.9 Å². The predicted molar refractivity (Wildman–Crippen MR) is 110 cm³/mol. The molecule has 0 amide bonds. The lowest BCUT2D eigenvalue weighted by Crippen LogP contribution is -2.43. The monoisotopic (exact) mass is 484 g/mol. The fourth-order valence-electron chi connectivity index (χ4n) is 2.96. The summed E-state index contributed by atoms with van der Waals surface area (Å²) in [6.45, 7) is 1.82. The molecule has 3 N–H and O–H groups in total. The number of sulfonamides is 1. The van der Waals surface area contributed by atoms with Crippen LogP contribution in [0.5, 0.6) is 0 Å². The molecule has 0 aliphatic carbocycles. The van der Waals surface area contributed by atoms with E-state index in [4.69, 9.17) is 16.7 Å². The summed E-state index contributed by atoms with van der Waals surface area (Å²) in [5, 5.41) is 23.7. The number of hydrogen-bond acceptors (Lipinski definition) is 6. The third-order valence-corrected chi connectivity index (χ3v) is 7.06. The Kier molecular flexibility index (Phi) is 6.90. The first-order valence-corrected chi connectivity index (χ1v) is 10.9. The molecule has 26 heavy (non-hydrogen) atoms. The Labute approximate surface area is 173 Å². The Bertz CT molecular complexity index is 802. The first-order chi connectivity index (χ1) is 11.7. The van der Waals surface area contributed by atoms with Crippen LogP contribution in [0.25, 0.3) is 0 Å². The van der Waals surface area contributed by atoms with Gasteiger partial charge in [0.2, 0.25) is 10.0 Å². The molecule has 2 saturated heterocycles. The van der Waals surface area contributed by atoms with E-state index in [9.17, 15) is 13.5 Å². The largest absolute Gasteiger partial charge is 0.366 e. The van der Waals surface area contributed by atoms with Crippen LogP contribution in [-0.4, -0.2) is 54.5 Å². The summed E-state index contributed by atoms with van der Waals surface area (Å²) >= 11 is 7.37. The van der Waals surface area contributed by atoms with Crippen molar-refractivity contribution in [3.8, 4) is 0 Å².